The van der Waals surface area contributed by atoms with Crippen LogP contribution in [0.4, 0.5) is 0 Å². The molecular weight excluding hydrogens is 304 g/mol. The molecule has 1 aromatic heterocycles. The quantitative estimate of drug-likeness (QED) is 0.808. The van der Waals surface area contributed by atoms with E-state index < -0.39 is 10.0 Å². The Kier molecular flexibility index (Phi) is 5.82. The zero-order chi connectivity index (χ0) is 15.5. The summed E-state index contributed by atoms with van der Waals surface area (Å²) in [5.41, 5.74) is 0. The van der Waals surface area contributed by atoms with Crippen LogP contribution < -0.4 is 10.0 Å². The predicted molar refractivity (Wildman–Crippen MR) is 88.0 cm³/mol. The molecule has 21 heavy (non-hydrogen) atoms. The lowest BCUT2D eigenvalue weighted by atomic mass is 9.99. The van der Waals surface area contributed by atoms with Crippen molar-refractivity contribution in [3.63, 3.8) is 0 Å². The zero-order valence-electron chi connectivity index (χ0n) is 13.1. The molecule has 1 aromatic rings. The lowest BCUT2D eigenvalue weighted by molar-refractivity contribution is 0.414. The molecule has 2 atom stereocenters. The van der Waals surface area contributed by atoms with Gasteiger partial charge in [0.05, 0.1) is 4.90 Å². The van der Waals surface area contributed by atoms with Crippen LogP contribution >= 0.6 is 11.3 Å². The molecular formula is C15H26N2O2S2. The molecule has 120 valence electrons. The third-order valence-electron chi connectivity index (χ3n) is 4.24. The van der Waals surface area contributed by atoms with E-state index >= 15 is 0 Å². The fourth-order valence-electron chi connectivity index (χ4n) is 2.81. The molecule has 1 saturated carbocycles. The molecule has 1 heterocycles. The first-order chi connectivity index (χ1) is 9.90. The molecule has 2 N–H and O–H groups in total. The van der Waals surface area contributed by atoms with Gasteiger partial charge in [-0.25, -0.2) is 13.1 Å². The minimum atomic E-state index is -3.39. The number of hydrogen-bond donors (Lipinski definition) is 2. The average molecular weight is 331 g/mol. The number of hydrogen-bond acceptors (Lipinski definition) is 4. The minimum Gasteiger partial charge on any atom is -0.310 e. The normalized spacial score (nSPS) is 23.0. The van der Waals surface area contributed by atoms with Crippen molar-refractivity contribution in [3.8, 4) is 0 Å². The lowest BCUT2D eigenvalue weighted by Gasteiger charge is -2.16. The summed E-state index contributed by atoms with van der Waals surface area (Å²) in [6.07, 6.45) is 3.57. The smallest absolute Gasteiger partial charge is 0.241 e. The molecule has 0 aliphatic heterocycles. The molecule has 1 aliphatic rings. The number of nitrogens with one attached hydrogen (secondary N) is 2. The topological polar surface area (TPSA) is 58.2 Å². The second-order valence-corrected chi connectivity index (χ2v) is 9.00. The van der Waals surface area contributed by atoms with E-state index in [1.165, 1.54) is 24.2 Å². The highest BCUT2D eigenvalue weighted by Crippen LogP contribution is 2.31. The van der Waals surface area contributed by atoms with Gasteiger partial charge in [-0.1, -0.05) is 33.6 Å². The van der Waals surface area contributed by atoms with E-state index in [0.717, 1.165) is 11.3 Å². The molecule has 2 unspecified atom stereocenters. The molecule has 2 rings (SSSR count). The van der Waals surface area contributed by atoms with Crippen molar-refractivity contribution in [1.29, 1.82) is 0 Å². The van der Waals surface area contributed by atoms with Crippen LogP contribution in [0, 0.1) is 11.8 Å². The van der Waals surface area contributed by atoms with E-state index in [4.69, 9.17) is 0 Å². The Balaban J connectivity index is 2.00. The van der Waals surface area contributed by atoms with E-state index in [9.17, 15) is 8.42 Å². The molecule has 0 bridgehead atoms. The number of sulfonamides is 1. The first-order valence-corrected chi connectivity index (χ1v) is 10.1. The molecule has 1 aliphatic carbocycles. The standard InChI is InChI=1S/C15H26N2O2S2/c1-11(2)16-10-14-15(7-8-20-14)21(18,19)17-9-13-6-4-5-12(13)3/h7-8,11-13,16-17H,4-6,9-10H2,1-3H3. The number of thiophene rings is 1. The SMILES string of the molecule is CC(C)NCc1sccc1S(=O)(=O)NCC1CCCC1C. The van der Waals surface area contributed by atoms with Gasteiger partial charge in [0.25, 0.3) is 0 Å². The van der Waals surface area contributed by atoms with E-state index in [1.807, 2.05) is 5.38 Å². The van der Waals surface area contributed by atoms with Gasteiger partial charge in [0.1, 0.15) is 0 Å². The van der Waals surface area contributed by atoms with Gasteiger partial charge in [-0.15, -0.1) is 11.3 Å². The highest BCUT2D eigenvalue weighted by atomic mass is 32.2. The Labute approximate surface area is 132 Å². The van der Waals surface area contributed by atoms with Crippen molar-refractivity contribution < 1.29 is 8.42 Å². The number of rotatable bonds is 7. The molecule has 0 saturated heterocycles. The summed E-state index contributed by atoms with van der Waals surface area (Å²) in [6.45, 7) is 7.50. The Morgan fingerprint density at radius 2 is 2.14 bits per heavy atom. The second-order valence-electron chi connectivity index (χ2n) is 6.26. The molecule has 0 amide bonds. The highest BCUT2D eigenvalue weighted by Gasteiger charge is 2.26. The van der Waals surface area contributed by atoms with Gasteiger partial charge in [-0.3, -0.25) is 0 Å². The summed E-state index contributed by atoms with van der Waals surface area (Å²) in [5.74, 6) is 1.10. The third kappa shape index (κ3) is 4.52. The van der Waals surface area contributed by atoms with Gasteiger partial charge in [0.2, 0.25) is 10.0 Å². The molecule has 6 heteroatoms. The van der Waals surface area contributed by atoms with Gasteiger partial charge >= 0.3 is 0 Å². The lowest BCUT2D eigenvalue weighted by Crippen LogP contribution is -2.31. The van der Waals surface area contributed by atoms with Crippen molar-refractivity contribution in [1.82, 2.24) is 10.0 Å². The Morgan fingerprint density at radius 1 is 1.38 bits per heavy atom. The van der Waals surface area contributed by atoms with E-state index in [0.29, 0.717) is 35.9 Å². The summed E-state index contributed by atoms with van der Waals surface area (Å²) in [5, 5.41) is 5.13. The maximum atomic E-state index is 12.5. The van der Waals surface area contributed by atoms with Crippen molar-refractivity contribution >= 4 is 21.4 Å². The van der Waals surface area contributed by atoms with Gasteiger partial charge in [0, 0.05) is 24.0 Å². The van der Waals surface area contributed by atoms with E-state index in [-0.39, 0.29) is 0 Å². The monoisotopic (exact) mass is 330 g/mol. The van der Waals surface area contributed by atoms with Crippen molar-refractivity contribution in [2.75, 3.05) is 6.54 Å². The summed E-state index contributed by atoms with van der Waals surface area (Å²) in [4.78, 5) is 1.32. The van der Waals surface area contributed by atoms with Crippen LogP contribution in [0.5, 0.6) is 0 Å². The fourth-order valence-corrected chi connectivity index (χ4v) is 5.30. The average Bonchev–Trinajstić information content (AvgIpc) is 3.03. The van der Waals surface area contributed by atoms with E-state index in [1.54, 1.807) is 6.07 Å². The van der Waals surface area contributed by atoms with Crippen LogP contribution in [-0.2, 0) is 16.6 Å². The predicted octanol–water partition coefficient (Wildman–Crippen LogP) is 2.96. The van der Waals surface area contributed by atoms with Crippen molar-refractivity contribution in [2.45, 2.75) is 57.5 Å². The second kappa shape index (κ2) is 7.22. The van der Waals surface area contributed by atoms with Crippen LogP contribution in [0.2, 0.25) is 0 Å². The Morgan fingerprint density at radius 3 is 2.76 bits per heavy atom. The fraction of sp³-hybridized carbons (Fsp3) is 0.733. The highest BCUT2D eigenvalue weighted by molar-refractivity contribution is 7.89. The Bertz CT molecular complexity index is 552. The summed E-state index contributed by atoms with van der Waals surface area (Å²) in [6, 6.07) is 2.05. The zero-order valence-corrected chi connectivity index (χ0v) is 14.7. The Hall–Kier alpha value is -0.430. The molecule has 0 radical (unpaired) electrons. The van der Waals surface area contributed by atoms with E-state index in [2.05, 4.69) is 30.8 Å². The first-order valence-electron chi connectivity index (χ1n) is 7.69. The van der Waals surface area contributed by atoms with Crippen LogP contribution in [0.25, 0.3) is 0 Å². The largest absolute Gasteiger partial charge is 0.310 e. The maximum Gasteiger partial charge on any atom is 0.241 e. The van der Waals surface area contributed by atoms with Crippen LogP contribution in [0.3, 0.4) is 0 Å². The van der Waals surface area contributed by atoms with Crippen LogP contribution in [-0.4, -0.2) is 21.0 Å². The summed E-state index contributed by atoms with van der Waals surface area (Å²) < 4.78 is 27.8. The molecule has 0 spiro atoms. The molecule has 0 aromatic carbocycles. The summed E-state index contributed by atoms with van der Waals surface area (Å²) >= 11 is 1.50. The molecule has 4 nitrogen and oxygen atoms in total. The van der Waals surface area contributed by atoms with Gasteiger partial charge in [-0.2, -0.15) is 0 Å². The third-order valence-corrected chi connectivity index (χ3v) is 6.80. The molecule has 1 fully saturated rings. The van der Waals surface area contributed by atoms with Crippen LogP contribution in [0.15, 0.2) is 16.3 Å². The van der Waals surface area contributed by atoms with Crippen LogP contribution in [0.1, 0.15) is 44.9 Å². The van der Waals surface area contributed by atoms with Gasteiger partial charge < -0.3 is 5.32 Å². The first kappa shape index (κ1) is 16.9. The van der Waals surface area contributed by atoms with Crippen molar-refractivity contribution in [3.05, 3.63) is 16.3 Å². The van der Waals surface area contributed by atoms with Crippen molar-refractivity contribution in [2.24, 2.45) is 11.8 Å². The summed E-state index contributed by atoms with van der Waals surface area (Å²) in [7, 11) is -3.39. The van der Waals surface area contributed by atoms with Gasteiger partial charge in [-0.05, 0) is 29.7 Å². The van der Waals surface area contributed by atoms with Gasteiger partial charge in [0.15, 0.2) is 0 Å². The minimum absolute atomic E-state index is 0.343. The maximum absolute atomic E-state index is 12.5.